The highest BCUT2D eigenvalue weighted by Crippen LogP contribution is 2.45. The highest BCUT2D eigenvalue weighted by atomic mass is 35.5. The van der Waals surface area contributed by atoms with Crippen molar-refractivity contribution in [3.8, 4) is 0 Å². The molecule has 0 unspecified atom stereocenters. The Hall–Kier alpha value is -1.02. The first-order chi connectivity index (χ1) is 11.2. The molecule has 1 saturated heterocycles. The van der Waals surface area contributed by atoms with Gasteiger partial charge in [0, 0.05) is 12.0 Å². The van der Waals surface area contributed by atoms with E-state index < -0.39 is 0 Å². The third-order valence-electron chi connectivity index (χ3n) is 5.39. The quantitative estimate of drug-likeness (QED) is 0.639. The van der Waals surface area contributed by atoms with Crippen LogP contribution < -0.4 is 0 Å². The van der Waals surface area contributed by atoms with Crippen molar-refractivity contribution in [2.45, 2.75) is 37.6 Å². The van der Waals surface area contributed by atoms with Crippen molar-refractivity contribution < 1.29 is 0 Å². The molecule has 1 aliphatic carbocycles. The predicted octanol–water partition coefficient (Wildman–Crippen LogP) is 6.06. The highest BCUT2D eigenvalue weighted by molar-refractivity contribution is 6.42. The van der Waals surface area contributed by atoms with E-state index in [0.29, 0.717) is 22.0 Å². The van der Waals surface area contributed by atoms with Gasteiger partial charge in [0.25, 0.3) is 0 Å². The molecular weight excluding hydrogens is 325 g/mol. The Morgan fingerprint density at radius 2 is 1.57 bits per heavy atom. The molecule has 1 nitrogen and oxygen atoms in total. The summed E-state index contributed by atoms with van der Waals surface area (Å²) >= 11 is 12.3. The largest absolute Gasteiger partial charge is 0.296 e. The molecule has 0 aromatic heterocycles. The van der Waals surface area contributed by atoms with Gasteiger partial charge in [-0.05, 0) is 67.6 Å². The minimum atomic E-state index is 0.430. The first-order valence-corrected chi connectivity index (χ1v) is 9.27. The van der Waals surface area contributed by atoms with Crippen molar-refractivity contribution in [3.63, 3.8) is 0 Å². The minimum Gasteiger partial charge on any atom is -0.296 e. The van der Waals surface area contributed by atoms with Crippen LogP contribution in [0.5, 0.6) is 0 Å². The lowest BCUT2D eigenvalue weighted by Crippen LogP contribution is -2.30. The summed E-state index contributed by atoms with van der Waals surface area (Å²) in [6.07, 6.45) is 5.09. The normalized spacial score (nSPS) is 24.6. The van der Waals surface area contributed by atoms with E-state index in [1.165, 1.54) is 55.5 Å². The van der Waals surface area contributed by atoms with E-state index in [9.17, 15) is 0 Å². The third kappa shape index (κ3) is 2.91. The lowest BCUT2D eigenvalue weighted by molar-refractivity contribution is 0.217. The summed E-state index contributed by atoms with van der Waals surface area (Å²) in [7, 11) is 0. The molecule has 2 aliphatic rings. The van der Waals surface area contributed by atoms with E-state index in [4.69, 9.17) is 23.2 Å². The van der Waals surface area contributed by atoms with Gasteiger partial charge in [-0.15, -0.1) is 0 Å². The monoisotopic (exact) mass is 345 g/mol. The smallest absolute Gasteiger partial charge is 0.0595 e. The average molecular weight is 346 g/mol. The van der Waals surface area contributed by atoms with Gasteiger partial charge in [-0.3, -0.25) is 4.90 Å². The first-order valence-electron chi connectivity index (χ1n) is 8.52. The Morgan fingerprint density at radius 3 is 2.30 bits per heavy atom. The standard InChI is InChI=1S/C20H21Cl2N/c21-18-9-7-14(13-19(18)22)15-8-10-20(23-11-3-4-12-23)17-6-2-1-5-16(15)17/h1-2,5-7,9,13,15,20H,3-4,8,10-12H2/t15-,20+/m0/s1. The number of likely N-dealkylation sites (tertiary alicyclic amines) is 1. The van der Waals surface area contributed by atoms with Crippen LogP contribution in [0, 0.1) is 0 Å². The number of benzene rings is 2. The number of halogens is 2. The van der Waals surface area contributed by atoms with Crippen LogP contribution in [-0.4, -0.2) is 18.0 Å². The van der Waals surface area contributed by atoms with Gasteiger partial charge in [-0.25, -0.2) is 0 Å². The SMILES string of the molecule is Clc1ccc([C@@H]2CC[C@@H](N3CCCC3)c3ccccc32)cc1Cl. The minimum absolute atomic E-state index is 0.430. The van der Waals surface area contributed by atoms with Gasteiger partial charge in [-0.2, -0.15) is 0 Å². The molecule has 0 amide bonds. The summed E-state index contributed by atoms with van der Waals surface area (Å²) in [5, 5.41) is 1.29. The summed E-state index contributed by atoms with van der Waals surface area (Å²) in [6.45, 7) is 2.49. The zero-order chi connectivity index (χ0) is 15.8. The third-order valence-corrected chi connectivity index (χ3v) is 6.13. The Kier molecular flexibility index (Phi) is 4.36. The summed E-state index contributed by atoms with van der Waals surface area (Å²) in [6, 6.07) is 15.6. The highest BCUT2D eigenvalue weighted by Gasteiger charge is 2.32. The maximum Gasteiger partial charge on any atom is 0.0595 e. The molecule has 3 heteroatoms. The van der Waals surface area contributed by atoms with E-state index in [-0.39, 0.29) is 0 Å². The lowest BCUT2D eigenvalue weighted by Gasteiger charge is -2.37. The van der Waals surface area contributed by atoms with Crippen molar-refractivity contribution >= 4 is 23.2 Å². The topological polar surface area (TPSA) is 3.24 Å². The molecule has 2 aromatic carbocycles. The molecule has 0 bridgehead atoms. The van der Waals surface area contributed by atoms with E-state index >= 15 is 0 Å². The van der Waals surface area contributed by atoms with Crippen molar-refractivity contribution in [1.82, 2.24) is 4.90 Å². The second-order valence-electron chi connectivity index (χ2n) is 6.69. The van der Waals surface area contributed by atoms with Crippen molar-refractivity contribution in [1.29, 1.82) is 0 Å². The molecule has 0 saturated carbocycles. The van der Waals surface area contributed by atoms with Crippen LogP contribution in [0.15, 0.2) is 42.5 Å². The van der Waals surface area contributed by atoms with Gasteiger partial charge in [-0.1, -0.05) is 53.5 Å². The molecule has 23 heavy (non-hydrogen) atoms. The van der Waals surface area contributed by atoms with Gasteiger partial charge in [0.1, 0.15) is 0 Å². The van der Waals surface area contributed by atoms with Crippen LogP contribution in [0.4, 0.5) is 0 Å². The van der Waals surface area contributed by atoms with Crippen LogP contribution in [0.25, 0.3) is 0 Å². The molecule has 2 aromatic rings. The van der Waals surface area contributed by atoms with Crippen molar-refractivity contribution in [2.75, 3.05) is 13.1 Å². The molecule has 0 spiro atoms. The number of hydrogen-bond acceptors (Lipinski definition) is 1. The summed E-state index contributed by atoms with van der Waals surface area (Å²) < 4.78 is 0. The second-order valence-corrected chi connectivity index (χ2v) is 7.51. The van der Waals surface area contributed by atoms with E-state index in [1.54, 1.807) is 0 Å². The van der Waals surface area contributed by atoms with Gasteiger partial charge in [0.05, 0.1) is 10.0 Å². The summed E-state index contributed by atoms with van der Waals surface area (Å²) in [4.78, 5) is 2.67. The van der Waals surface area contributed by atoms with Crippen LogP contribution >= 0.6 is 23.2 Å². The lowest BCUT2D eigenvalue weighted by atomic mass is 9.76. The predicted molar refractivity (Wildman–Crippen MR) is 97.5 cm³/mol. The van der Waals surface area contributed by atoms with Gasteiger partial charge >= 0.3 is 0 Å². The first kappa shape index (κ1) is 15.5. The Bertz CT molecular complexity index is 707. The van der Waals surface area contributed by atoms with Gasteiger partial charge < -0.3 is 0 Å². The Morgan fingerprint density at radius 1 is 0.826 bits per heavy atom. The fraction of sp³-hybridized carbons (Fsp3) is 0.400. The molecule has 1 heterocycles. The van der Waals surface area contributed by atoms with E-state index in [0.717, 1.165) is 0 Å². The van der Waals surface area contributed by atoms with E-state index in [2.05, 4.69) is 35.2 Å². The second kappa shape index (κ2) is 6.47. The maximum atomic E-state index is 6.25. The molecule has 0 radical (unpaired) electrons. The zero-order valence-corrected chi connectivity index (χ0v) is 14.7. The number of hydrogen-bond donors (Lipinski definition) is 0. The van der Waals surface area contributed by atoms with E-state index in [1.807, 2.05) is 12.1 Å². The zero-order valence-electron chi connectivity index (χ0n) is 13.1. The van der Waals surface area contributed by atoms with Crippen LogP contribution in [-0.2, 0) is 0 Å². The molecular formula is C20H21Cl2N. The number of nitrogens with zero attached hydrogens (tertiary/aromatic N) is 1. The molecule has 2 atom stereocenters. The van der Waals surface area contributed by atoms with Gasteiger partial charge in [0.15, 0.2) is 0 Å². The van der Waals surface area contributed by atoms with Crippen LogP contribution in [0.2, 0.25) is 10.0 Å². The van der Waals surface area contributed by atoms with Crippen molar-refractivity contribution in [2.24, 2.45) is 0 Å². The average Bonchev–Trinajstić information content (AvgIpc) is 3.11. The fourth-order valence-corrected chi connectivity index (χ4v) is 4.58. The van der Waals surface area contributed by atoms with Gasteiger partial charge in [0.2, 0.25) is 0 Å². The van der Waals surface area contributed by atoms with Crippen molar-refractivity contribution in [3.05, 3.63) is 69.2 Å². The summed E-state index contributed by atoms with van der Waals surface area (Å²) in [5.74, 6) is 0.430. The summed E-state index contributed by atoms with van der Waals surface area (Å²) in [5.41, 5.74) is 4.26. The molecule has 0 N–H and O–H groups in total. The number of fused-ring (bicyclic) bond motifs is 1. The van der Waals surface area contributed by atoms with Crippen LogP contribution in [0.3, 0.4) is 0 Å². The Labute approximate surface area is 148 Å². The molecule has 1 aliphatic heterocycles. The Balaban J connectivity index is 1.72. The molecule has 4 rings (SSSR count). The molecule has 120 valence electrons. The maximum absolute atomic E-state index is 6.25. The fourth-order valence-electron chi connectivity index (χ4n) is 4.28. The van der Waals surface area contributed by atoms with Crippen LogP contribution in [0.1, 0.15) is 54.3 Å². The number of rotatable bonds is 2. The molecule has 1 fully saturated rings.